The van der Waals surface area contributed by atoms with Crippen LogP contribution in [0.2, 0.25) is 0 Å². The Bertz CT molecular complexity index is 920. The van der Waals surface area contributed by atoms with Crippen molar-refractivity contribution in [2.24, 2.45) is 10.9 Å². The first-order valence-electron chi connectivity index (χ1n) is 10.1. The molecule has 30 heavy (non-hydrogen) atoms. The summed E-state index contributed by atoms with van der Waals surface area (Å²) in [4.78, 5) is 32.2. The Hall–Kier alpha value is -2.54. The molecule has 1 fully saturated rings. The first kappa shape index (κ1) is 22.2. The fourth-order valence-electron chi connectivity index (χ4n) is 3.39. The lowest BCUT2D eigenvalue weighted by Crippen LogP contribution is -2.45. The van der Waals surface area contributed by atoms with Gasteiger partial charge < -0.3 is 9.47 Å². The molecule has 1 saturated heterocycles. The molecule has 0 aromatic heterocycles. The number of benzene rings is 1. The second-order valence-corrected chi connectivity index (χ2v) is 8.82. The van der Waals surface area contributed by atoms with Crippen molar-refractivity contribution in [3.63, 3.8) is 0 Å². The van der Waals surface area contributed by atoms with Gasteiger partial charge in [-0.15, -0.1) is 0 Å². The second kappa shape index (κ2) is 9.51. The van der Waals surface area contributed by atoms with Gasteiger partial charge in [0.05, 0.1) is 36.3 Å². The highest BCUT2D eigenvalue weighted by Crippen LogP contribution is 2.38. The minimum Gasteiger partial charge on any atom is -0.496 e. The third-order valence-electron chi connectivity index (χ3n) is 4.93. The van der Waals surface area contributed by atoms with Crippen molar-refractivity contribution in [1.82, 2.24) is 4.90 Å². The lowest BCUT2D eigenvalue weighted by atomic mass is 10.00. The molecule has 0 bridgehead atoms. The number of carbonyl (C=O) groups excluding carboxylic acids is 2. The molecule has 7 heteroatoms. The summed E-state index contributed by atoms with van der Waals surface area (Å²) in [7, 11) is 1.61. The normalized spacial score (nSPS) is 21.3. The molecule has 2 atom stereocenters. The van der Waals surface area contributed by atoms with Crippen LogP contribution >= 0.6 is 11.8 Å². The summed E-state index contributed by atoms with van der Waals surface area (Å²) in [6.07, 6.45) is 4.44. The number of ether oxygens (including phenoxy) is 2. The molecule has 0 aliphatic carbocycles. The number of carbonyl (C=O) groups is 2. The quantitative estimate of drug-likeness (QED) is 0.607. The first-order valence-corrected chi connectivity index (χ1v) is 11.0. The molecule has 1 aromatic carbocycles. The zero-order valence-corrected chi connectivity index (χ0v) is 18.9. The van der Waals surface area contributed by atoms with Crippen molar-refractivity contribution in [1.29, 1.82) is 0 Å². The molecule has 0 N–H and O–H groups in total. The molecule has 6 nitrogen and oxygen atoms in total. The maximum Gasteiger partial charge on any atom is 0.338 e. The summed E-state index contributed by atoms with van der Waals surface area (Å²) in [6, 6.07) is 7.04. The summed E-state index contributed by atoms with van der Waals surface area (Å²) in [5.74, 6) is 0.471. The average molecular weight is 429 g/mol. The highest BCUT2D eigenvalue weighted by atomic mass is 32.2. The van der Waals surface area contributed by atoms with Gasteiger partial charge in [-0.2, -0.15) is 0 Å². The molecule has 0 radical (unpaired) electrons. The largest absolute Gasteiger partial charge is 0.496 e. The minimum atomic E-state index is -0.571. The number of allylic oxidation sites excluding steroid dienone is 1. The summed E-state index contributed by atoms with van der Waals surface area (Å²) in [6.45, 7) is 8.06. The number of rotatable bonds is 7. The predicted molar refractivity (Wildman–Crippen MR) is 120 cm³/mol. The number of para-hydroxylation sites is 1. The van der Waals surface area contributed by atoms with Gasteiger partial charge in [-0.1, -0.05) is 62.9 Å². The monoisotopic (exact) mass is 428 g/mol. The number of hydrogen-bond acceptors (Lipinski definition) is 6. The van der Waals surface area contributed by atoms with Crippen molar-refractivity contribution >= 4 is 34.9 Å². The van der Waals surface area contributed by atoms with Crippen molar-refractivity contribution < 1.29 is 19.1 Å². The van der Waals surface area contributed by atoms with Gasteiger partial charge in [0.1, 0.15) is 5.75 Å². The van der Waals surface area contributed by atoms with Gasteiger partial charge in [0.25, 0.3) is 0 Å². The van der Waals surface area contributed by atoms with Crippen LogP contribution in [0.25, 0.3) is 6.08 Å². The van der Waals surface area contributed by atoms with Gasteiger partial charge in [0.2, 0.25) is 5.91 Å². The van der Waals surface area contributed by atoms with Crippen LogP contribution in [0.15, 0.2) is 46.6 Å². The Balaban J connectivity index is 2.01. The van der Waals surface area contributed by atoms with E-state index in [4.69, 9.17) is 9.47 Å². The fourth-order valence-corrected chi connectivity index (χ4v) is 4.54. The number of amides is 1. The molecule has 1 amide bonds. The molecule has 2 heterocycles. The Morgan fingerprint density at radius 1 is 1.33 bits per heavy atom. The maximum absolute atomic E-state index is 13.0. The predicted octanol–water partition coefficient (Wildman–Crippen LogP) is 4.27. The van der Waals surface area contributed by atoms with E-state index >= 15 is 0 Å². The summed E-state index contributed by atoms with van der Waals surface area (Å²) in [5, 5.41) is 0.448. The molecule has 0 unspecified atom stereocenters. The van der Waals surface area contributed by atoms with Gasteiger partial charge >= 0.3 is 5.97 Å². The van der Waals surface area contributed by atoms with E-state index in [0.29, 0.717) is 29.5 Å². The Kier molecular flexibility index (Phi) is 7.02. The molecular formula is C23H28N2O4S. The molecule has 0 spiro atoms. The van der Waals surface area contributed by atoms with E-state index in [2.05, 4.69) is 4.99 Å². The number of thioether (sulfide) groups is 1. The van der Waals surface area contributed by atoms with Crippen molar-refractivity contribution in [3.8, 4) is 5.75 Å². The van der Waals surface area contributed by atoms with E-state index in [1.54, 1.807) is 18.9 Å². The van der Waals surface area contributed by atoms with E-state index in [1.165, 1.54) is 11.8 Å². The molecule has 3 rings (SSSR count). The molecular weight excluding hydrogens is 400 g/mol. The van der Waals surface area contributed by atoms with Gasteiger partial charge in [0, 0.05) is 5.56 Å². The minimum absolute atomic E-state index is 0.0300. The van der Waals surface area contributed by atoms with Crippen molar-refractivity contribution in [2.45, 2.75) is 45.4 Å². The van der Waals surface area contributed by atoms with Crippen LogP contribution in [0.5, 0.6) is 5.75 Å². The van der Waals surface area contributed by atoms with Crippen LogP contribution in [0.4, 0.5) is 0 Å². The van der Waals surface area contributed by atoms with Crippen LogP contribution in [-0.4, -0.2) is 47.0 Å². The SMILES string of the molecule is CC[C@@H]1SC2=NC(C)=C(C(=O)OCC(C)C)[C@@H](/C=C/c3ccccc3OC)N2C1=O. The Morgan fingerprint density at radius 3 is 2.73 bits per heavy atom. The van der Waals surface area contributed by atoms with E-state index in [1.807, 2.05) is 57.2 Å². The molecule has 2 aliphatic heterocycles. The van der Waals surface area contributed by atoms with E-state index in [-0.39, 0.29) is 17.1 Å². The van der Waals surface area contributed by atoms with Crippen LogP contribution in [0.1, 0.15) is 39.7 Å². The summed E-state index contributed by atoms with van der Waals surface area (Å²) in [5.41, 5.74) is 1.85. The number of fused-ring (bicyclic) bond motifs is 1. The molecule has 160 valence electrons. The van der Waals surface area contributed by atoms with Crippen LogP contribution < -0.4 is 4.74 Å². The fraction of sp³-hybridized carbons (Fsp3) is 0.435. The lowest BCUT2D eigenvalue weighted by molar-refractivity contribution is -0.140. The highest BCUT2D eigenvalue weighted by molar-refractivity contribution is 8.15. The Labute approximate surface area is 182 Å². The summed E-state index contributed by atoms with van der Waals surface area (Å²) < 4.78 is 10.9. The zero-order valence-electron chi connectivity index (χ0n) is 18.0. The summed E-state index contributed by atoms with van der Waals surface area (Å²) >= 11 is 1.45. The van der Waals surface area contributed by atoms with E-state index < -0.39 is 12.0 Å². The van der Waals surface area contributed by atoms with Crippen LogP contribution in [0.3, 0.4) is 0 Å². The molecule has 1 aromatic rings. The lowest BCUT2D eigenvalue weighted by Gasteiger charge is -2.31. The van der Waals surface area contributed by atoms with E-state index in [0.717, 1.165) is 11.3 Å². The van der Waals surface area contributed by atoms with Crippen molar-refractivity contribution in [3.05, 3.63) is 47.2 Å². The topological polar surface area (TPSA) is 68.2 Å². The molecule has 2 aliphatic rings. The third-order valence-corrected chi connectivity index (χ3v) is 6.25. The number of methoxy groups -OCH3 is 1. The second-order valence-electron chi connectivity index (χ2n) is 7.65. The van der Waals surface area contributed by atoms with Crippen LogP contribution in [0, 0.1) is 5.92 Å². The highest BCUT2D eigenvalue weighted by Gasteiger charge is 2.45. The van der Waals surface area contributed by atoms with Gasteiger partial charge in [-0.3, -0.25) is 9.69 Å². The number of esters is 1. The first-order chi connectivity index (χ1) is 14.4. The van der Waals surface area contributed by atoms with Gasteiger partial charge in [-0.05, 0) is 25.3 Å². The number of hydrogen-bond donors (Lipinski definition) is 0. The number of aliphatic imine (C=N–C) groups is 1. The zero-order chi connectivity index (χ0) is 21.8. The van der Waals surface area contributed by atoms with Crippen molar-refractivity contribution in [2.75, 3.05) is 13.7 Å². The number of amidine groups is 1. The average Bonchev–Trinajstić information content (AvgIpc) is 3.05. The van der Waals surface area contributed by atoms with Gasteiger partial charge in [0.15, 0.2) is 5.17 Å². The van der Waals surface area contributed by atoms with E-state index in [9.17, 15) is 9.59 Å². The van der Waals surface area contributed by atoms with Gasteiger partial charge in [-0.25, -0.2) is 9.79 Å². The standard InChI is InChI=1S/C23H28N2O4S/c1-6-19-21(26)25-17(12-11-16-9-7-8-10-18(16)28-5)20(15(4)24-23(25)30-19)22(27)29-13-14(2)3/h7-12,14,17,19H,6,13H2,1-5H3/b12-11+/t17-,19+/m1/s1. The van der Waals surface area contributed by atoms with Crippen LogP contribution in [-0.2, 0) is 14.3 Å². The smallest absolute Gasteiger partial charge is 0.338 e. The third kappa shape index (κ3) is 4.46. The maximum atomic E-state index is 13.0. The number of nitrogens with zero attached hydrogens (tertiary/aromatic N) is 2. The molecule has 0 saturated carbocycles. The Morgan fingerprint density at radius 2 is 2.07 bits per heavy atom.